The molecule has 0 aliphatic heterocycles. The molecular weight excluding hydrogens is 280 g/mol. The number of anilines is 1. The Bertz CT molecular complexity index is 425. The summed E-state index contributed by atoms with van der Waals surface area (Å²) in [5, 5.41) is 17.7. The maximum Gasteiger partial charge on any atom is 0.313 e. The van der Waals surface area contributed by atoms with Gasteiger partial charge in [-0.05, 0) is 13.3 Å². The van der Waals surface area contributed by atoms with Crippen molar-refractivity contribution in [2.24, 2.45) is 0 Å². The Labute approximate surface area is 123 Å². The lowest BCUT2D eigenvalue weighted by atomic mass is 10.4. The molecule has 0 saturated carbocycles. The monoisotopic (exact) mass is 302 g/mol. The van der Waals surface area contributed by atoms with Crippen LogP contribution in [-0.4, -0.2) is 58.4 Å². The van der Waals surface area contributed by atoms with Gasteiger partial charge in [0.15, 0.2) is 5.16 Å². The van der Waals surface area contributed by atoms with Crippen LogP contribution in [0.3, 0.4) is 0 Å². The molecule has 1 N–H and O–H groups in total. The molecule has 0 saturated heterocycles. The minimum atomic E-state index is -0.852. The molecular formula is C12H22N4O3S. The number of carboxylic acid groups (broad SMARTS) is 1. The lowest BCUT2D eigenvalue weighted by molar-refractivity contribution is -0.133. The van der Waals surface area contributed by atoms with E-state index in [2.05, 4.69) is 22.0 Å². The van der Waals surface area contributed by atoms with Crippen LogP contribution in [0.2, 0.25) is 0 Å². The van der Waals surface area contributed by atoms with Gasteiger partial charge in [0, 0.05) is 26.7 Å². The number of nitrogens with zero attached hydrogens (tertiary/aromatic N) is 4. The third-order valence-corrected chi connectivity index (χ3v) is 3.65. The summed E-state index contributed by atoms with van der Waals surface area (Å²) in [5.74, 6) is -0.0832. The lowest BCUT2D eigenvalue weighted by Crippen LogP contribution is -2.29. The molecule has 0 unspecified atom stereocenters. The van der Waals surface area contributed by atoms with E-state index in [-0.39, 0.29) is 5.75 Å². The number of aliphatic carboxylic acids is 1. The van der Waals surface area contributed by atoms with Gasteiger partial charge in [0.25, 0.3) is 0 Å². The molecule has 1 aromatic heterocycles. The highest BCUT2D eigenvalue weighted by molar-refractivity contribution is 7.99. The number of thioether (sulfide) groups is 1. The Kier molecular flexibility index (Phi) is 7.38. The second-order valence-electron chi connectivity index (χ2n) is 4.19. The fraction of sp³-hybridized carbons (Fsp3) is 0.750. The SMILES string of the molecule is CCCn1c(SCC(=O)O)nnc1N(CC)CCOC. The Morgan fingerprint density at radius 3 is 2.75 bits per heavy atom. The van der Waals surface area contributed by atoms with Crippen molar-refractivity contribution in [3.8, 4) is 0 Å². The molecule has 0 aliphatic rings. The van der Waals surface area contributed by atoms with E-state index >= 15 is 0 Å². The average molecular weight is 302 g/mol. The Morgan fingerprint density at radius 1 is 1.45 bits per heavy atom. The van der Waals surface area contributed by atoms with Crippen LogP contribution in [0.25, 0.3) is 0 Å². The quantitative estimate of drug-likeness (QED) is 0.653. The first-order chi connectivity index (χ1) is 9.63. The first-order valence-electron chi connectivity index (χ1n) is 6.65. The van der Waals surface area contributed by atoms with Crippen molar-refractivity contribution in [2.45, 2.75) is 32.0 Å². The van der Waals surface area contributed by atoms with Crippen LogP contribution >= 0.6 is 11.8 Å². The van der Waals surface area contributed by atoms with Gasteiger partial charge in [-0.15, -0.1) is 10.2 Å². The van der Waals surface area contributed by atoms with Crippen LogP contribution in [0.4, 0.5) is 5.95 Å². The molecule has 114 valence electrons. The van der Waals surface area contributed by atoms with Crippen LogP contribution in [0.15, 0.2) is 5.16 Å². The molecule has 0 spiro atoms. The molecule has 0 bridgehead atoms. The Hall–Kier alpha value is -1.28. The average Bonchev–Trinajstić information content (AvgIpc) is 2.81. The van der Waals surface area contributed by atoms with Crippen molar-refractivity contribution in [1.29, 1.82) is 0 Å². The maximum atomic E-state index is 10.7. The highest BCUT2D eigenvalue weighted by Crippen LogP contribution is 2.22. The summed E-state index contributed by atoms with van der Waals surface area (Å²) in [4.78, 5) is 12.8. The molecule has 0 aliphatic carbocycles. The first-order valence-corrected chi connectivity index (χ1v) is 7.64. The van der Waals surface area contributed by atoms with Gasteiger partial charge in [-0.2, -0.15) is 0 Å². The second-order valence-corrected chi connectivity index (χ2v) is 5.13. The predicted molar refractivity (Wildman–Crippen MR) is 78.4 cm³/mol. The summed E-state index contributed by atoms with van der Waals surface area (Å²) < 4.78 is 7.08. The minimum absolute atomic E-state index is 0.00789. The zero-order valence-electron chi connectivity index (χ0n) is 12.2. The van der Waals surface area contributed by atoms with Crippen molar-refractivity contribution in [1.82, 2.24) is 14.8 Å². The van der Waals surface area contributed by atoms with Crippen molar-refractivity contribution >= 4 is 23.7 Å². The van der Waals surface area contributed by atoms with Crippen molar-refractivity contribution < 1.29 is 14.6 Å². The van der Waals surface area contributed by atoms with Crippen LogP contribution in [0, 0.1) is 0 Å². The van der Waals surface area contributed by atoms with Gasteiger partial charge in [0.05, 0.1) is 12.4 Å². The van der Waals surface area contributed by atoms with Crippen LogP contribution in [0.5, 0.6) is 0 Å². The lowest BCUT2D eigenvalue weighted by Gasteiger charge is -2.22. The molecule has 8 heteroatoms. The fourth-order valence-corrected chi connectivity index (χ4v) is 2.45. The highest BCUT2D eigenvalue weighted by Gasteiger charge is 2.17. The van der Waals surface area contributed by atoms with Crippen LogP contribution < -0.4 is 4.90 Å². The first kappa shape index (κ1) is 16.8. The summed E-state index contributed by atoms with van der Waals surface area (Å²) in [6.45, 7) is 7.04. The zero-order valence-corrected chi connectivity index (χ0v) is 13.0. The number of rotatable bonds is 10. The molecule has 0 radical (unpaired) electrons. The largest absolute Gasteiger partial charge is 0.481 e. The van der Waals surface area contributed by atoms with Gasteiger partial charge in [0.2, 0.25) is 5.95 Å². The van der Waals surface area contributed by atoms with Crippen molar-refractivity contribution in [3.05, 3.63) is 0 Å². The number of ether oxygens (including phenoxy) is 1. The zero-order chi connectivity index (χ0) is 15.0. The van der Waals surface area contributed by atoms with E-state index in [1.807, 2.05) is 11.5 Å². The van der Waals surface area contributed by atoms with Gasteiger partial charge >= 0.3 is 5.97 Å². The van der Waals surface area contributed by atoms with Gasteiger partial charge in [-0.3, -0.25) is 9.36 Å². The van der Waals surface area contributed by atoms with Gasteiger partial charge < -0.3 is 14.7 Å². The normalized spacial score (nSPS) is 10.8. The van der Waals surface area contributed by atoms with Gasteiger partial charge in [-0.25, -0.2) is 0 Å². The molecule has 20 heavy (non-hydrogen) atoms. The number of carbonyl (C=O) groups is 1. The maximum absolute atomic E-state index is 10.7. The minimum Gasteiger partial charge on any atom is -0.481 e. The molecule has 0 amide bonds. The van der Waals surface area contributed by atoms with E-state index < -0.39 is 5.97 Å². The van der Waals surface area contributed by atoms with Gasteiger partial charge in [0.1, 0.15) is 0 Å². The molecule has 1 heterocycles. The molecule has 0 atom stereocenters. The predicted octanol–water partition coefficient (Wildman–Crippen LogP) is 1.34. The highest BCUT2D eigenvalue weighted by atomic mass is 32.2. The number of hydrogen-bond donors (Lipinski definition) is 1. The molecule has 0 aromatic carbocycles. The smallest absolute Gasteiger partial charge is 0.313 e. The standard InChI is InChI=1S/C12H22N4O3S/c1-4-6-16-11(15(5-2)7-8-19-3)13-14-12(16)20-9-10(17)18/h4-9H2,1-3H3,(H,17,18). The summed E-state index contributed by atoms with van der Waals surface area (Å²) >= 11 is 1.20. The topological polar surface area (TPSA) is 80.5 Å². The van der Waals surface area contributed by atoms with E-state index in [1.54, 1.807) is 7.11 Å². The Balaban J connectivity index is 2.90. The number of methoxy groups -OCH3 is 1. The molecule has 1 rings (SSSR count). The second kappa shape index (κ2) is 8.80. The number of aromatic nitrogens is 3. The van der Waals surface area contributed by atoms with Crippen molar-refractivity contribution in [2.75, 3.05) is 37.5 Å². The van der Waals surface area contributed by atoms with Crippen LogP contribution in [-0.2, 0) is 16.1 Å². The number of likely N-dealkylation sites (N-methyl/N-ethyl adjacent to an activating group) is 1. The molecule has 0 fully saturated rings. The summed E-state index contributed by atoms with van der Waals surface area (Å²) in [6.07, 6.45) is 0.938. The third kappa shape index (κ3) is 4.68. The molecule has 1 aromatic rings. The van der Waals surface area contributed by atoms with Crippen LogP contribution in [0.1, 0.15) is 20.3 Å². The summed E-state index contributed by atoms with van der Waals surface area (Å²) in [6, 6.07) is 0. The summed E-state index contributed by atoms with van der Waals surface area (Å²) in [5.41, 5.74) is 0. The molecule has 7 nitrogen and oxygen atoms in total. The van der Waals surface area contributed by atoms with E-state index in [0.29, 0.717) is 11.8 Å². The van der Waals surface area contributed by atoms with Crippen molar-refractivity contribution in [3.63, 3.8) is 0 Å². The summed E-state index contributed by atoms with van der Waals surface area (Å²) in [7, 11) is 1.67. The van der Waals surface area contributed by atoms with E-state index in [4.69, 9.17) is 9.84 Å². The number of hydrogen-bond acceptors (Lipinski definition) is 6. The van der Waals surface area contributed by atoms with E-state index in [9.17, 15) is 4.79 Å². The third-order valence-electron chi connectivity index (χ3n) is 2.70. The number of carboxylic acids is 1. The van der Waals surface area contributed by atoms with E-state index in [1.165, 1.54) is 11.8 Å². The Morgan fingerprint density at radius 2 is 2.20 bits per heavy atom. The van der Waals surface area contributed by atoms with E-state index in [0.717, 1.165) is 32.0 Å². The fourth-order valence-electron chi connectivity index (χ4n) is 1.77. The van der Waals surface area contributed by atoms with Gasteiger partial charge in [-0.1, -0.05) is 18.7 Å².